The Bertz CT molecular complexity index is 1160. The number of aliphatic hydroxyl groups is 2. The van der Waals surface area contributed by atoms with Crippen molar-refractivity contribution in [2.45, 2.75) is 418 Å². The predicted octanol–water partition coefficient (Wildman–Crippen LogP) is 22.8. The maximum atomic E-state index is 12.6. The molecule has 6 heteroatoms. The third-order valence-electron chi connectivity index (χ3n) is 16.8. The van der Waals surface area contributed by atoms with Crippen molar-refractivity contribution >= 4 is 11.9 Å². The molecule has 458 valence electrons. The van der Waals surface area contributed by atoms with Gasteiger partial charge in [-0.3, -0.25) is 9.59 Å². The van der Waals surface area contributed by atoms with E-state index < -0.39 is 12.1 Å². The van der Waals surface area contributed by atoms with Crippen LogP contribution in [0.15, 0.2) is 12.2 Å². The van der Waals surface area contributed by atoms with Crippen molar-refractivity contribution in [1.82, 2.24) is 5.32 Å². The predicted molar refractivity (Wildman–Crippen MR) is 338 cm³/mol. The summed E-state index contributed by atoms with van der Waals surface area (Å²) in [6.45, 7) is 4.98. The summed E-state index contributed by atoms with van der Waals surface area (Å²) < 4.78 is 5.50. The molecule has 0 saturated heterocycles. The Morgan fingerprint density at radius 3 is 0.922 bits per heavy atom. The molecule has 0 heterocycles. The Labute approximate surface area is 482 Å². The largest absolute Gasteiger partial charge is 0.466 e. The Morgan fingerprint density at radius 1 is 0.351 bits per heavy atom. The van der Waals surface area contributed by atoms with Crippen LogP contribution >= 0.6 is 0 Å². The van der Waals surface area contributed by atoms with Gasteiger partial charge in [0, 0.05) is 12.8 Å². The van der Waals surface area contributed by atoms with Gasteiger partial charge in [-0.1, -0.05) is 353 Å². The Kier molecular flexibility index (Phi) is 65.9. The van der Waals surface area contributed by atoms with Gasteiger partial charge in [0.15, 0.2) is 0 Å². The van der Waals surface area contributed by atoms with Crippen LogP contribution in [0.5, 0.6) is 0 Å². The lowest BCUT2D eigenvalue weighted by Crippen LogP contribution is -2.45. The van der Waals surface area contributed by atoms with Crippen LogP contribution in [0.2, 0.25) is 0 Å². The van der Waals surface area contributed by atoms with Crippen LogP contribution in [-0.2, 0) is 14.3 Å². The molecular formula is C71H139NO5. The van der Waals surface area contributed by atoms with Crippen molar-refractivity contribution in [2.75, 3.05) is 13.2 Å². The number of carbonyl (C=O) groups excluding carboxylic acids is 2. The lowest BCUT2D eigenvalue weighted by Gasteiger charge is -2.22. The molecule has 0 aromatic rings. The highest BCUT2D eigenvalue weighted by Crippen LogP contribution is 2.19. The maximum Gasteiger partial charge on any atom is 0.305 e. The minimum Gasteiger partial charge on any atom is -0.466 e. The van der Waals surface area contributed by atoms with Crippen LogP contribution < -0.4 is 5.32 Å². The maximum absolute atomic E-state index is 12.6. The molecule has 0 aromatic heterocycles. The summed E-state index contributed by atoms with van der Waals surface area (Å²) in [6, 6.07) is -0.547. The Morgan fingerprint density at radius 2 is 0.610 bits per heavy atom. The van der Waals surface area contributed by atoms with E-state index in [-0.39, 0.29) is 18.5 Å². The van der Waals surface area contributed by atoms with Gasteiger partial charge in [-0.05, 0) is 51.4 Å². The zero-order valence-electron chi connectivity index (χ0n) is 52.5. The first kappa shape index (κ1) is 75.6. The highest BCUT2D eigenvalue weighted by molar-refractivity contribution is 5.76. The van der Waals surface area contributed by atoms with Crippen LogP contribution in [0.25, 0.3) is 0 Å². The van der Waals surface area contributed by atoms with E-state index in [9.17, 15) is 19.8 Å². The van der Waals surface area contributed by atoms with E-state index in [1.54, 1.807) is 0 Å². The molecule has 6 nitrogen and oxygen atoms in total. The second-order valence-electron chi connectivity index (χ2n) is 24.6. The van der Waals surface area contributed by atoms with E-state index >= 15 is 0 Å². The van der Waals surface area contributed by atoms with Crippen LogP contribution in [0, 0.1) is 0 Å². The third-order valence-corrected chi connectivity index (χ3v) is 16.8. The third kappa shape index (κ3) is 63.6. The fourth-order valence-corrected chi connectivity index (χ4v) is 11.4. The molecule has 2 unspecified atom stereocenters. The number of rotatable bonds is 67. The smallest absolute Gasteiger partial charge is 0.305 e. The van der Waals surface area contributed by atoms with Crippen LogP contribution in [0.3, 0.4) is 0 Å². The van der Waals surface area contributed by atoms with Crippen LogP contribution in [0.4, 0.5) is 0 Å². The van der Waals surface area contributed by atoms with E-state index in [0.29, 0.717) is 25.9 Å². The topological polar surface area (TPSA) is 95.9 Å². The number of esters is 1. The number of amides is 1. The summed E-state index contributed by atoms with van der Waals surface area (Å²) in [5, 5.41) is 23.4. The standard InChI is InChI=1S/C71H139NO5/c1-3-5-7-9-11-13-15-17-19-21-23-24-25-26-27-28-29-31-35-39-43-47-51-55-59-63-69(74)68(67-73)72-70(75)64-60-56-52-48-44-40-36-32-30-34-38-42-46-50-54-58-62-66-77-71(76)65-61-57-53-49-45-41-37-33-22-20-18-16-14-12-10-8-6-4-2/h20,22,68-69,73-74H,3-19,21,23-67H2,1-2H3,(H,72,75)/b22-20-. The fraction of sp³-hybridized carbons (Fsp3) is 0.944. The van der Waals surface area contributed by atoms with Crippen molar-refractivity contribution in [3.8, 4) is 0 Å². The molecule has 0 fully saturated rings. The number of allylic oxidation sites excluding steroid dienone is 2. The second kappa shape index (κ2) is 67.1. The minimum atomic E-state index is -0.669. The summed E-state index contributed by atoms with van der Waals surface area (Å²) in [5.41, 5.74) is 0. The molecule has 0 spiro atoms. The summed E-state index contributed by atoms with van der Waals surface area (Å²) in [4.78, 5) is 24.7. The molecule has 3 N–H and O–H groups in total. The average molecular weight is 1090 g/mol. The molecule has 77 heavy (non-hydrogen) atoms. The molecule has 2 atom stereocenters. The number of nitrogens with one attached hydrogen (secondary N) is 1. The first-order chi connectivity index (χ1) is 38.0. The van der Waals surface area contributed by atoms with E-state index in [1.165, 1.54) is 327 Å². The zero-order chi connectivity index (χ0) is 55.7. The first-order valence-electron chi connectivity index (χ1n) is 35.4. The van der Waals surface area contributed by atoms with Gasteiger partial charge in [0.05, 0.1) is 25.4 Å². The molecule has 0 aliphatic heterocycles. The average Bonchev–Trinajstić information content (AvgIpc) is 3.43. The van der Waals surface area contributed by atoms with Crippen molar-refractivity contribution in [3.63, 3.8) is 0 Å². The lowest BCUT2D eigenvalue weighted by molar-refractivity contribution is -0.143. The number of carbonyl (C=O) groups is 2. The van der Waals surface area contributed by atoms with E-state index in [2.05, 4.69) is 31.3 Å². The number of hydrogen-bond acceptors (Lipinski definition) is 5. The SMILES string of the molecule is CCCCCCCCC/C=C\CCCCCCCCCC(=O)OCCCCCCCCCCCCCCCCCCCC(=O)NC(CO)C(O)CCCCCCCCCCCCCCCCCCCCCCCCCCC. The fourth-order valence-electron chi connectivity index (χ4n) is 11.4. The number of unbranched alkanes of at least 4 members (excludes halogenated alkanes) is 54. The zero-order valence-corrected chi connectivity index (χ0v) is 52.5. The molecule has 0 aliphatic rings. The highest BCUT2D eigenvalue weighted by Gasteiger charge is 2.20. The molecule has 1 amide bonds. The monoisotopic (exact) mass is 1090 g/mol. The molecule has 0 aromatic carbocycles. The van der Waals surface area contributed by atoms with Crippen molar-refractivity contribution in [1.29, 1.82) is 0 Å². The van der Waals surface area contributed by atoms with E-state index in [0.717, 1.165) is 44.9 Å². The van der Waals surface area contributed by atoms with E-state index in [4.69, 9.17) is 4.74 Å². The minimum absolute atomic E-state index is 0.00415. The molecule has 0 bridgehead atoms. The molecule has 0 aliphatic carbocycles. The van der Waals surface area contributed by atoms with Crippen molar-refractivity contribution in [2.24, 2.45) is 0 Å². The normalized spacial score (nSPS) is 12.5. The van der Waals surface area contributed by atoms with Gasteiger partial charge in [0.25, 0.3) is 0 Å². The summed E-state index contributed by atoms with van der Waals surface area (Å²) >= 11 is 0. The Balaban J connectivity index is 3.39. The van der Waals surface area contributed by atoms with Gasteiger partial charge >= 0.3 is 5.97 Å². The van der Waals surface area contributed by atoms with E-state index in [1.807, 2.05) is 0 Å². The quantitative estimate of drug-likeness (QED) is 0.0320. The number of hydrogen-bond donors (Lipinski definition) is 3. The second-order valence-corrected chi connectivity index (χ2v) is 24.6. The van der Waals surface area contributed by atoms with Gasteiger partial charge in [-0.15, -0.1) is 0 Å². The lowest BCUT2D eigenvalue weighted by atomic mass is 10.0. The summed E-state index contributed by atoms with van der Waals surface area (Å²) in [5.74, 6) is -0.0308. The van der Waals surface area contributed by atoms with Gasteiger partial charge in [0.2, 0.25) is 5.91 Å². The number of aliphatic hydroxyl groups excluding tert-OH is 2. The molecule has 0 saturated carbocycles. The summed E-state index contributed by atoms with van der Waals surface area (Å²) in [6.07, 6.45) is 82.5. The molecule has 0 rings (SSSR count). The van der Waals surface area contributed by atoms with Gasteiger partial charge < -0.3 is 20.3 Å². The molecule has 0 radical (unpaired) electrons. The van der Waals surface area contributed by atoms with Gasteiger partial charge in [-0.2, -0.15) is 0 Å². The van der Waals surface area contributed by atoms with Gasteiger partial charge in [0.1, 0.15) is 0 Å². The number of ether oxygens (including phenoxy) is 1. The molecular weight excluding hydrogens is 947 g/mol. The van der Waals surface area contributed by atoms with Gasteiger partial charge in [-0.25, -0.2) is 0 Å². The van der Waals surface area contributed by atoms with Crippen LogP contribution in [0.1, 0.15) is 406 Å². The summed E-state index contributed by atoms with van der Waals surface area (Å²) in [7, 11) is 0. The van der Waals surface area contributed by atoms with Crippen molar-refractivity contribution in [3.05, 3.63) is 12.2 Å². The highest BCUT2D eigenvalue weighted by atomic mass is 16.5. The van der Waals surface area contributed by atoms with Crippen molar-refractivity contribution < 1.29 is 24.5 Å². The first-order valence-corrected chi connectivity index (χ1v) is 35.4. The Hall–Kier alpha value is -1.40. The van der Waals surface area contributed by atoms with Crippen LogP contribution in [-0.4, -0.2) is 47.4 Å².